The van der Waals surface area contributed by atoms with Gasteiger partial charge < -0.3 is 44.4 Å². The van der Waals surface area contributed by atoms with E-state index in [0.717, 1.165) is 13.2 Å². The van der Waals surface area contributed by atoms with E-state index >= 15 is 0 Å². The van der Waals surface area contributed by atoms with Gasteiger partial charge in [-0.25, -0.2) is 19.2 Å². The molecule has 1 unspecified atom stereocenters. The number of hydrogen-bond acceptors (Lipinski definition) is 14. The van der Waals surface area contributed by atoms with Gasteiger partial charge in [-0.1, -0.05) is 12.5 Å². The zero-order valence-electron chi connectivity index (χ0n) is 24.8. The molecule has 2 bridgehead atoms. The van der Waals surface area contributed by atoms with Gasteiger partial charge in [0.15, 0.2) is 18.1 Å². The Labute approximate surface area is 247 Å². The molecule has 0 radical (unpaired) electrons. The lowest BCUT2D eigenvalue weighted by atomic mass is 9.36. The van der Waals surface area contributed by atoms with E-state index in [4.69, 9.17) is 29.4 Å². The zero-order valence-corrected chi connectivity index (χ0v) is 24.8. The molecule has 2 aliphatic heterocycles. The average molecular weight is 608 g/mol. The zero-order chi connectivity index (χ0) is 31.9. The van der Waals surface area contributed by atoms with E-state index < -0.39 is 101 Å². The summed E-state index contributed by atoms with van der Waals surface area (Å²) in [6, 6.07) is 0. The summed E-state index contributed by atoms with van der Waals surface area (Å²) in [5.41, 5.74) is 0.562. The Morgan fingerprint density at radius 1 is 1.14 bits per heavy atom. The van der Waals surface area contributed by atoms with Crippen LogP contribution in [0.2, 0.25) is 0 Å². The van der Waals surface area contributed by atoms with Gasteiger partial charge in [-0.2, -0.15) is 0 Å². The highest BCUT2D eigenvalue weighted by molar-refractivity contribution is 5.97. The van der Waals surface area contributed by atoms with E-state index in [1.54, 1.807) is 27.7 Å². The Hall–Kier alpha value is -3.33. The fraction of sp³-hybridized carbons (Fsp3) is 0.690. The van der Waals surface area contributed by atoms with Gasteiger partial charge >= 0.3 is 23.9 Å². The highest BCUT2D eigenvalue weighted by Gasteiger charge is 2.91. The standard InChI is InChI=1S/C29H37NO13/c1-12(2)7-17(32)43-23-24(36)42-16-8-14-13(3)20(40-10-18(33)38-5)15(31)9-26(14,4)21-19(34)22(35)28(25(37)39-6)29(23,30)27(16,21)11-41-28/h7,14,16,19,21-23,34-35H,8-11,30H2,1-6H3/t14-,16+,19+,21?,22-,23-,26-,27+,28-,29-/m0/s1. The highest BCUT2D eigenvalue weighted by atomic mass is 16.6. The van der Waals surface area contributed by atoms with Crippen LogP contribution in [0.1, 0.15) is 40.5 Å². The first kappa shape index (κ1) is 31.1. The van der Waals surface area contributed by atoms with Crippen molar-refractivity contribution < 1.29 is 62.6 Å². The molecule has 0 amide bonds. The van der Waals surface area contributed by atoms with Crippen LogP contribution in [0.3, 0.4) is 0 Å². The Balaban J connectivity index is 1.72. The summed E-state index contributed by atoms with van der Waals surface area (Å²) in [6.45, 7) is 5.75. The molecule has 0 aromatic heterocycles. The predicted octanol–water partition coefficient (Wildman–Crippen LogP) is -0.770. The molecule has 43 heavy (non-hydrogen) atoms. The van der Waals surface area contributed by atoms with Crippen molar-refractivity contribution in [2.45, 2.75) is 76.1 Å². The molecule has 236 valence electrons. The number of ketones is 1. The van der Waals surface area contributed by atoms with Gasteiger partial charge in [0, 0.05) is 18.4 Å². The second-order valence-corrected chi connectivity index (χ2v) is 12.6. The van der Waals surface area contributed by atoms with E-state index in [2.05, 4.69) is 4.74 Å². The van der Waals surface area contributed by atoms with Crippen molar-refractivity contribution in [3.63, 3.8) is 0 Å². The van der Waals surface area contributed by atoms with Crippen molar-refractivity contribution in [1.29, 1.82) is 0 Å². The number of aliphatic hydroxyl groups excluding tert-OH is 2. The molecule has 5 aliphatic rings. The van der Waals surface area contributed by atoms with Crippen LogP contribution in [-0.2, 0) is 52.4 Å². The fourth-order valence-corrected chi connectivity index (χ4v) is 8.77. The maximum Gasteiger partial charge on any atom is 0.349 e. The van der Waals surface area contributed by atoms with Crippen LogP contribution in [0.4, 0.5) is 0 Å². The largest absolute Gasteiger partial charge is 0.478 e. The molecule has 5 rings (SSSR count). The molecule has 1 spiro atoms. The Morgan fingerprint density at radius 2 is 1.81 bits per heavy atom. The molecule has 4 N–H and O–H groups in total. The Bertz CT molecular complexity index is 1350. The minimum absolute atomic E-state index is 0.0454. The fourth-order valence-electron chi connectivity index (χ4n) is 8.77. The molecule has 3 aliphatic carbocycles. The van der Waals surface area contributed by atoms with Gasteiger partial charge in [0.2, 0.25) is 11.7 Å². The number of methoxy groups -OCH3 is 2. The summed E-state index contributed by atoms with van der Waals surface area (Å²) in [7, 11) is 2.21. The molecule has 0 aromatic carbocycles. The minimum atomic E-state index is -2.53. The molecule has 0 aromatic rings. The van der Waals surface area contributed by atoms with Gasteiger partial charge in [-0.05, 0) is 44.1 Å². The third kappa shape index (κ3) is 3.76. The second kappa shape index (κ2) is 10.1. The summed E-state index contributed by atoms with van der Waals surface area (Å²) in [5.74, 6) is -6.10. The molecule has 4 fully saturated rings. The number of allylic oxidation sites excluding steroid dienone is 3. The van der Waals surface area contributed by atoms with Gasteiger partial charge in [0.05, 0.1) is 32.3 Å². The summed E-state index contributed by atoms with van der Waals surface area (Å²) < 4.78 is 32.8. The van der Waals surface area contributed by atoms with E-state index in [1.165, 1.54) is 7.11 Å². The lowest BCUT2D eigenvalue weighted by Crippen LogP contribution is -2.90. The van der Waals surface area contributed by atoms with Gasteiger partial charge in [0.25, 0.3) is 0 Å². The number of carbonyl (C=O) groups is 5. The summed E-state index contributed by atoms with van der Waals surface area (Å²) in [4.78, 5) is 65.4. The van der Waals surface area contributed by atoms with Crippen molar-refractivity contribution in [3.05, 3.63) is 23.0 Å². The van der Waals surface area contributed by atoms with Crippen LogP contribution < -0.4 is 5.73 Å². The summed E-state index contributed by atoms with van der Waals surface area (Å²) in [5, 5.41) is 23.6. The number of ether oxygens (including phenoxy) is 6. The van der Waals surface area contributed by atoms with Crippen molar-refractivity contribution in [2.24, 2.45) is 28.4 Å². The number of carbonyl (C=O) groups excluding carboxylic acids is 5. The Kier molecular flexibility index (Phi) is 7.31. The van der Waals surface area contributed by atoms with E-state index in [1.807, 2.05) is 0 Å². The number of nitrogens with two attached hydrogens (primary N) is 1. The number of rotatable bonds is 6. The van der Waals surface area contributed by atoms with Crippen LogP contribution in [0, 0.1) is 22.7 Å². The molecule has 2 saturated carbocycles. The van der Waals surface area contributed by atoms with Crippen LogP contribution in [0.25, 0.3) is 0 Å². The third-order valence-corrected chi connectivity index (χ3v) is 10.3. The lowest BCUT2D eigenvalue weighted by molar-refractivity contribution is -0.297. The molecule has 10 atom stereocenters. The average Bonchev–Trinajstić information content (AvgIpc) is 3.14. The molecule has 14 nitrogen and oxygen atoms in total. The van der Waals surface area contributed by atoms with Crippen LogP contribution >= 0.6 is 0 Å². The first-order valence-corrected chi connectivity index (χ1v) is 13.9. The number of aliphatic hydroxyl groups is 2. The van der Waals surface area contributed by atoms with Gasteiger partial charge in [0.1, 0.15) is 17.7 Å². The third-order valence-electron chi connectivity index (χ3n) is 10.3. The second-order valence-electron chi connectivity index (χ2n) is 12.6. The van der Waals surface area contributed by atoms with Crippen molar-refractivity contribution >= 4 is 29.7 Å². The quantitative estimate of drug-likeness (QED) is 0.193. The number of fused-ring (bicyclic) bond motifs is 2. The summed E-state index contributed by atoms with van der Waals surface area (Å²) in [6.07, 6.45) is -5.89. The lowest BCUT2D eigenvalue weighted by Gasteiger charge is -2.70. The minimum Gasteiger partial charge on any atom is -0.478 e. The number of hydrogen-bond donors (Lipinski definition) is 3. The van der Waals surface area contributed by atoms with Gasteiger partial charge in [-0.3, -0.25) is 4.79 Å². The number of esters is 4. The van der Waals surface area contributed by atoms with Crippen LogP contribution in [0.5, 0.6) is 0 Å². The number of Topliss-reactive ketones (excluding diaryl/α,β-unsaturated/α-hetero) is 1. The monoisotopic (exact) mass is 607 g/mol. The molecule has 2 heterocycles. The molecular weight excluding hydrogens is 570 g/mol. The van der Waals surface area contributed by atoms with E-state index in [0.29, 0.717) is 11.1 Å². The summed E-state index contributed by atoms with van der Waals surface area (Å²) >= 11 is 0. The van der Waals surface area contributed by atoms with Crippen molar-refractivity contribution in [2.75, 3.05) is 27.4 Å². The SMILES string of the molecule is COC(=O)COC1=C(C)[C@@H]2C[C@H]3OC(=O)[C@H](OC(=O)C=C(C)C)[C@@]4(N)[C@]5(C(=O)OC)OC[C@]34C([C@@H](O)[C@@H]5O)[C@@]2(C)CC1=O. The maximum atomic E-state index is 13.7. The predicted molar refractivity (Wildman–Crippen MR) is 141 cm³/mol. The first-order valence-electron chi connectivity index (χ1n) is 13.9. The van der Waals surface area contributed by atoms with Crippen molar-refractivity contribution in [3.8, 4) is 0 Å². The van der Waals surface area contributed by atoms with Crippen molar-refractivity contribution in [1.82, 2.24) is 0 Å². The topological polar surface area (TPSA) is 207 Å². The maximum absolute atomic E-state index is 13.7. The van der Waals surface area contributed by atoms with E-state index in [-0.39, 0.29) is 18.6 Å². The molecular formula is C29H37NO13. The molecule has 14 heteroatoms. The smallest absolute Gasteiger partial charge is 0.349 e. The highest BCUT2D eigenvalue weighted by Crippen LogP contribution is 2.73. The van der Waals surface area contributed by atoms with Gasteiger partial charge in [-0.15, -0.1) is 0 Å². The Morgan fingerprint density at radius 3 is 2.42 bits per heavy atom. The normalized spacial score (nSPS) is 42.6. The first-order chi connectivity index (χ1) is 20.1. The van der Waals surface area contributed by atoms with Crippen LogP contribution in [0.15, 0.2) is 23.0 Å². The molecule has 2 saturated heterocycles. The van der Waals surface area contributed by atoms with Crippen LogP contribution in [-0.4, -0.2) is 103 Å². The van der Waals surface area contributed by atoms with E-state index in [9.17, 15) is 34.2 Å².